The number of hydrogen-bond donors (Lipinski definition) is 1. The van der Waals surface area contributed by atoms with Crippen LogP contribution >= 0.6 is 0 Å². The van der Waals surface area contributed by atoms with Gasteiger partial charge in [-0.1, -0.05) is 26.0 Å². The highest BCUT2D eigenvalue weighted by atomic mass is 16.6. The fourth-order valence-corrected chi connectivity index (χ4v) is 2.70. The van der Waals surface area contributed by atoms with Gasteiger partial charge in [0.05, 0.1) is 17.9 Å². The summed E-state index contributed by atoms with van der Waals surface area (Å²) in [7, 11) is 0. The molecule has 1 N–H and O–H groups in total. The smallest absolute Gasteiger partial charge is 0.409 e. The molecule has 0 aliphatic carbocycles. The van der Waals surface area contributed by atoms with Gasteiger partial charge in [-0.15, -0.1) is 0 Å². The minimum Gasteiger partial charge on any atom is -0.450 e. The van der Waals surface area contributed by atoms with Crippen LogP contribution in [0.2, 0.25) is 0 Å². The molecule has 0 saturated carbocycles. The zero-order chi connectivity index (χ0) is 19.1. The number of nitrogens with one attached hydrogen (secondary N) is 1. The van der Waals surface area contributed by atoms with Crippen molar-refractivity contribution < 1.29 is 19.1 Å². The number of rotatable bonds is 5. The minimum absolute atomic E-state index is 0.0973. The van der Waals surface area contributed by atoms with E-state index in [9.17, 15) is 14.4 Å². The van der Waals surface area contributed by atoms with Crippen LogP contribution in [0.15, 0.2) is 24.3 Å². The molecule has 1 aromatic rings. The van der Waals surface area contributed by atoms with Gasteiger partial charge in [-0.05, 0) is 25.5 Å². The molecule has 0 bridgehead atoms. The molecule has 2 rings (SSSR count). The molecule has 0 radical (unpaired) electrons. The van der Waals surface area contributed by atoms with E-state index < -0.39 is 0 Å². The molecule has 3 amide bonds. The van der Waals surface area contributed by atoms with Crippen molar-refractivity contribution in [3.05, 3.63) is 29.8 Å². The van der Waals surface area contributed by atoms with E-state index in [-0.39, 0.29) is 23.8 Å². The topological polar surface area (TPSA) is 79.0 Å². The molecule has 142 valence electrons. The number of ether oxygens (including phenoxy) is 1. The highest BCUT2D eigenvalue weighted by Crippen LogP contribution is 2.20. The van der Waals surface area contributed by atoms with Gasteiger partial charge in [-0.3, -0.25) is 9.59 Å². The van der Waals surface area contributed by atoms with Crippen molar-refractivity contribution >= 4 is 23.6 Å². The van der Waals surface area contributed by atoms with Crippen LogP contribution in [0.1, 0.15) is 37.6 Å². The number of para-hydroxylation sites is 1. The summed E-state index contributed by atoms with van der Waals surface area (Å²) < 4.78 is 4.99. The molecule has 7 nitrogen and oxygen atoms in total. The molecular weight excluding hydrogens is 334 g/mol. The summed E-state index contributed by atoms with van der Waals surface area (Å²) in [6.45, 7) is 7.65. The average molecular weight is 361 g/mol. The van der Waals surface area contributed by atoms with E-state index >= 15 is 0 Å². The molecule has 0 aromatic heterocycles. The highest BCUT2D eigenvalue weighted by Gasteiger charge is 2.27. The molecule has 1 unspecified atom stereocenters. The zero-order valence-electron chi connectivity index (χ0n) is 15.7. The summed E-state index contributed by atoms with van der Waals surface area (Å²) >= 11 is 0. The Morgan fingerprint density at radius 1 is 1.08 bits per heavy atom. The molecular formula is C19H27N3O4. The third-order valence-electron chi connectivity index (χ3n) is 4.57. The largest absolute Gasteiger partial charge is 0.450 e. The molecule has 0 spiro atoms. The van der Waals surface area contributed by atoms with Crippen LogP contribution < -0.4 is 5.32 Å². The van der Waals surface area contributed by atoms with Gasteiger partial charge < -0.3 is 19.9 Å². The zero-order valence-corrected chi connectivity index (χ0v) is 15.7. The summed E-state index contributed by atoms with van der Waals surface area (Å²) in [5, 5.41) is 2.85. The lowest BCUT2D eigenvalue weighted by Gasteiger charge is -2.34. The predicted octanol–water partition coefficient (Wildman–Crippen LogP) is 2.59. The van der Waals surface area contributed by atoms with Gasteiger partial charge in [-0.2, -0.15) is 0 Å². The highest BCUT2D eigenvalue weighted by molar-refractivity contribution is 6.04. The van der Waals surface area contributed by atoms with Crippen molar-refractivity contribution in [1.82, 2.24) is 9.80 Å². The lowest BCUT2D eigenvalue weighted by atomic mass is 10.1. The third-order valence-corrected chi connectivity index (χ3v) is 4.57. The van der Waals surface area contributed by atoms with E-state index in [0.717, 1.165) is 6.42 Å². The number of carbonyl (C=O) groups excluding carboxylic acids is 3. The Labute approximate surface area is 154 Å². The molecule has 1 saturated heterocycles. The van der Waals surface area contributed by atoms with Crippen LogP contribution in [0.5, 0.6) is 0 Å². The first-order valence-corrected chi connectivity index (χ1v) is 9.08. The van der Waals surface area contributed by atoms with Gasteiger partial charge in [0.1, 0.15) is 0 Å². The summed E-state index contributed by atoms with van der Waals surface area (Å²) in [4.78, 5) is 40.1. The Balaban J connectivity index is 2.04. The van der Waals surface area contributed by atoms with Gasteiger partial charge in [0.25, 0.3) is 5.91 Å². The number of hydrogen-bond acceptors (Lipinski definition) is 4. The first-order valence-electron chi connectivity index (χ1n) is 9.08. The van der Waals surface area contributed by atoms with Crippen LogP contribution in [-0.4, -0.2) is 60.5 Å². The second-order valence-corrected chi connectivity index (χ2v) is 6.32. The maximum absolute atomic E-state index is 12.9. The SMILES string of the molecule is CCOC(=O)N1CCN(C(=O)c2ccccc2NC(=O)C(C)CC)CC1. The number of nitrogens with zero attached hydrogens (tertiary/aromatic N) is 2. The number of piperazine rings is 1. The van der Waals surface area contributed by atoms with Crippen molar-refractivity contribution in [2.45, 2.75) is 27.2 Å². The summed E-state index contributed by atoms with van der Waals surface area (Å²) in [6, 6.07) is 7.03. The van der Waals surface area contributed by atoms with E-state index in [0.29, 0.717) is 44.0 Å². The second kappa shape index (κ2) is 9.22. The number of anilines is 1. The van der Waals surface area contributed by atoms with Gasteiger partial charge in [0.15, 0.2) is 0 Å². The molecule has 1 atom stereocenters. The first-order chi connectivity index (χ1) is 12.5. The summed E-state index contributed by atoms with van der Waals surface area (Å²) in [6.07, 6.45) is 0.387. The molecule has 1 aliphatic heterocycles. The summed E-state index contributed by atoms with van der Waals surface area (Å²) in [5.41, 5.74) is 0.990. The maximum atomic E-state index is 12.9. The van der Waals surface area contributed by atoms with Crippen LogP contribution in [0.25, 0.3) is 0 Å². The molecule has 1 aromatic carbocycles. The molecule has 26 heavy (non-hydrogen) atoms. The van der Waals surface area contributed by atoms with Crippen molar-refractivity contribution in [2.24, 2.45) is 5.92 Å². The van der Waals surface area contributed by atoms with Gasteiger partial charge in [0.2, 0.25) is 5.91 Å². The van der Waals surface area contributed by atoms with E-state index in [1.807, 2.05) is 13.8 Å². The molecule has 7 heteroatoms. The standard InChI is InChI=1S/C19H27N3O4/c1-4-14(3)17(23)20-16-9-7-6-8-15(16)18(24)21-10-12-22(13-11-21)19(25)26-5-2/h6-9,14H,4-5,10-13H2,1-3H3,(H,20,23). The molecule has 1 fully saturated rings. The lowest BCUT2D eigenvalue weighted by Crippen LogP contribution is -2.50. The maximum Gasteiger partial charge on any atom is 0.409 e. The Hall–Kier alpha value is -2.57. The van der Waals surface area contributed by atoms with Crippen molar-refractivity contribution in [3.63, 3.8) is 0 Å². The van der Waals surface area contributed by atoms with Crippen LogP contribution in [0.4, 0.5) is 10.5 Å². The molecule has 1 heterocycles. The van der Waals surface area contributed by atoms with Crippen LogP contribution in [0, 0.1) is 5.92 Å². The number of benzene rings is 1. The van der Waals surface area contributed by atoms with E-state index in [1.54, 1.807) is 41.0 Å². The van der Waals surface area contributed by atoms with Gasteiger partial charge in [0, 0.05) is 32.1 Å². The van der Waals surface area contributed by atoms with Crippen molar-refractivity contribution in [1.29, 1.82) is 0 Å². The Morgan fingerprint density at radius 3 is 2.31 bits per heavy atom. The fourth-order valence-electron chi connectivity index (χ4n) is 2.70. The second-order valence-electron chi connectivity index (χ2n) is 6.32. The van der Waals surface area contributed by atoms with Gasteiger partial charge in [-0.25, -0.2) is 4.79 Å². The third kappa shape index (κ3) is 4.74. The normalized spacial score (nSPS) is 15.3. The van der Waals surface area contributed by atoms with E-state index in [4.69, 9.17) is 4.74 Å². The van der Waals surface area contributed by atoms with Crippen LogP contribution in [-0.2, 0) is 9.53 Å². The average Bonchev–Trinajstić information content (AvgIpc) is 2.67. The van der Waals surface area contributed by atoms with Crippen molar-refractivity contribution in [3.8, 4) is 0 Å². The number of carbonyl (C=O) groups is 3. The van der Waals surface area contributed by atoms with Crippen molar-refractivity contribution in [2.75, 3.05) is 38.1 Å². The molecule has 1 aliphatic rings. The van der Waals surface area contributed by atoms with E-state index in [2.05, 4.69) is 5.32 Å². The fraction of sp³-hybridized carbons (Fsp3) is 0.526. The Morgan fingerprint density at radius 2 is 1.69 bits per heavy atom. The Bertz CT molecular complexity index is 654. The monoisotopic (exact) mass is 361 g/mol. The number of amides is 3. The van der Waals surface area contributed by atoms with Crippen LogP contribution in [0.3, 0.4) is 0 Å². The quantitative estimate of drug-likeness (QED) is 0.874. The predicted molar refractivity (Wildman–Crippen MR) is 99.0 cm³/mol. The van der Waals surface area contributed by atoms with Gasteiger partial charge >= 0.3 is 6.09 Å². The summed E-state index contributed by atoms with van der Waals surface area (Å²) in [5.74, 6) is -0.361. The lowest BCUT2D eigenvalue weighted by molar-refractivity contribution is -0.119. The van der Waals surface area contributed by atoms with E-state index in [1.165, 1.54) is 0 Å². The first kappa shape index (κ1) is 19.8. The minimum atomic E-state index is -0.346. The Kier molecular flexibility index (Phi) is 7.00.